The normalized spacial score (nSPS) is 10.9. The SMILES string of the molecule is C=CCN=C(NN)c1ccccc1[N+](=O)[O-]. The fourth-order valence-corrected chi connectivity index (χ4v) is 1.20. The molecule has 1 rings (SSSR count). The molecule has 0 saturated carbocycles. The fraction of sp³-hybridized carbons (Fsp3) is 0.100. The van der Waals surface area contributed by atoms with Crippen molar-refractivity contribution in [3.8, 4) is 0 Å². The van der Waals surface area contributed by atoms with Gasteiger partial charge in [-0.1, -0.05) is 18.2 Å². The van der Waals surface area contributed by atoms with Gasteiger partial charge in [0.1, 0.15) is 5.84 Å². The Hall–Kier alpha value is -2.21. The zero-order valence-electron chi connectivity index (χ0n) is 8.59. The Balaban J connectivity index is 3.19. The van der Waals surface area contributed by atoms with E-state index in [1.54, 1.807) is 24.3 Å². The topological polar surface area (TPSA) is 93.5 Å². The fourth-order valence-electron chi connectivity index (χ4n) is 1.20. The smallest absolute Gasteiger partial charge is 0.280 e. The molecule has 1 aromatic rings. The number of hydrogen-bond donors (Lipinski definition) is 2. The van der Waals surface area contributed by atoms with Crippen molar-refractivity contribution in [2.45, 2.75) is 0 Å². The number of benzene rings is 1. The number of aliphatic imine (C=N–C) groups is 1. The second-order valence-electron chi connectivity index (χ2n) is 2.90. The van der Waals surface area contributed by atoms with Gasteiger partial charge in [0.15, 0.2) is 0 Å². The number of hydrazine groups is 1. The molecule has 0 radical (unpaired) electrons. The van der Waals surface area contributed by atoms with Crippen LogP contribution in [-0.4, -0.2) is 17.3 Å². The van der Waals surface area contributed by atoms with Crippen LogP contribution in [0.1, 0.15) is 5.56 Å². The number of para-hydroxylation sites is 1. The molecule has 6 heteroatoms. The molecule has 0 aliphatic rings. The van der Waals surface area contributed by atoms with Crippen LogP contribution in [0.15, 0.2) is 41.9 Å². The minimum absolute atomic E-state index is 0.0386. The van der Waals surface area contributed by atoms with E-state index >= 15 is 0 Å². The second-order valence-corrected chi connectivity index (χ2v) is 2.90. The van der Waals surface area contributed by atoms with Crippen molar-refractivity contribution in [2.75, 3.05) is 6.54 Å². The van der Waals surface area contributed by atoms with Crippen LogP contribution in [0.5, 0.6) is 0 Å². The molecule has 0 aromatic heterocycles. The van der Waals surface area contributed by atoms with E-state index in [0.29, 0.717) is 12.1 Å². The van der Waals surface area contributed by atoms with Gasteiger partial charge in [-0.25, -0.2) is 5.84 Å². The van der Waals surface area contributed by atoms with Crippen LogP contribution >= 0.6 is 0 Å². The summed E-state index contributed by atoms with van der Waals surface area (Å²) in [7, 11) is 0. The molecule has 0 saturated heterocycles. The lowest BCUT2D eigenvalue weighted by atomic mass is 10.1. The lowest BCUT2D eigenvalue weighted by molar-refractivity contribution is -0.385. The number of amidine groups is 1. The number of hydrogen-bond acceptors (Lipinski definition) is 4. The molecule has 3 N–H and O–H groups in total. The summed E-state index contributed by atoms with van der Waals surface area (Å²) in [6, 6.07) is 6.25. The van der Waals surface area contributed by atoms with Crippen molar-refractivity contribution in [1.82, 2.24) is 5.43 Å². The van der Waals surface area contributed by atoms with Gasteiger partial charge in [0.2, 0.25) is 0 Å². The van der Waals surface area contributed by atoms with Gasteiger partial charge < -0.3 is 5.43 Å². The minimum Gasteiger partial charge on any atom is -0.308 e. The predicted molar refractivity (Wildman–Crippen MR) is 62.0 cm³/mol. The first-order valence-corrected chi connectivity index (χ1v) is 4.56. The highest BCUT2D eigenvalue weighted by molar-refractivity contribution is 6.01. The molecular weight excluding hydrogens is 208 g/mol. The van der Waals surface area contributed by atoms with Crippen molar-refractivity contribution < 1.29 is 4.92 Å². The van der Waals surface area contributed by atoms with E-state index < -0.39 is 4.92 Å². The van der Waals surface area contributed by atoms with Crippen LogP contribution in [0.25, 0.3) is 0 Å². The first-order chi connectivity index (χ1) is 7.70. The standard InChI is InChI=1S/C10H12N4O2/c1-2-7-12-10(13-11)8-5-3-4-6-9(8)14(15)16/h2-6H,1,7,11H2,(H,12,13). The molecule has 0 unspecified atom stereocenters. The Kier molecular flexibility index (Phi) is 4.16. The summed E-state index contributed by atoms with van der Waals surface area (Å²) in [4.78, 5) is 14.3. The zero-order valence-corrected chi connectivity index (χ0v) is 8.59. The van der Waals surface area contributed by atoms with Crippen LogP contribution in [0.2, 0.25) is 0 Å². The number of nitrogens with zero attached hydrogens (tertiary/aromatic N) is 2. The highest BCUT2D eigenvalue weighted by Gasteiger charge is 2.16. The average Bonchev–Trinajstić information content (AvgIpc) is 2.30. The highest BCUT2D eigenvalue weighted by Crippen LogP contribution is 2.17. The van der Waals surface area contributed by atoms with Crippen molar-refractivity contribution >= 4 is 11.5 Å². The van der Waals surface area contributed by atoms with Crippen molar-refractivity contribution in [1.29, 1.82) is 0 Å². The maximum Gasteiger partial charge on any atom is 0.280 e. The monoisotopic (exact) mass is 220 g/mol. The third-order valence-corrected chi connectivity index (χ3v) is 1.87. The second kappa shape index (κ2) is 5.62. The zero-order chi connectivity index (χ0) is 12.0. The molecule has 0 aliphatic heterocycles. The number of nitro benzene ring substituents is 1. The predicted octanol–water partition coefficient (Wildman–Crippen LogP) is 0.991. The summed E-state index contributed by atoms with van der Waals surface area (Å²) in [5.74, 6) is 5.55. The quantitative estimate of drug-likeness (QED) is 0.197. The summed E-state index contributed by atoms with van der Waals surface area (Å²) in [6.07, 6.45) is 1.58. The average molecular weight is 220 g/mol. The van der Waals surface area contributed by atoms with Gasteiger partial charge in [-0.05, 0) is 6.07 Å². The van der Waals surface area contributed by atoms with E-state index in [2.05, 4.69) is 17.0 Å². The number of nitro groups is 1. The molecule has 0 heterocycles. The van der Waals surface area contributed by atoms with Gasteiger partial charge >= 0.3 is 0 Å². The third-order valence-electron chi connectivity index (χ3n) is 1.87. The van der Waals surface area contributed by atoms with Gasteiger partial charge in [-0.3, -0.25) is 15.1 Å². The summed E-state index contributed by atoms with van der Waals surface area (Å²) >= 11 is 0. The summed E-state index contributed by atoms with van der Waals surface area (Å²) < 4.78 is 0. The van der Waals surface area contributed by atoms with Gasteiger partial charge in [0.05, 0.1) is 17.0 Å². The van der Waals surface area contributed by atoms with Crippen molar-refractivity contribution in [3.63, 3.8) is 0 Å². The van der Waals surface area contributed by atoms with Gasteiger partial charge in [0.25, 0.3) is 5.69 Å². The Morgan fingerprint density at radius 2 is 2.31 bits per heavy atom. The van der Waals surface area contributed by atoms with Gasteiger partial charge in [0, 0.05) is 6.07 Å². The third kappa shape index (κ3) is 2.64. The summed E-state index contributed by atoms with van der Waals surface area (Å²) in [5.41, 5.74) is 2.67. The van der Waals surface area contributed by atoms with Crippen LogP contribution in [0, 0.1) is 10.1 Å². The molecular formula is C10H12N4O2. The number of nitrogens with two attached hydrogens (primary N) is 1. The van der Waals surface area contributed by atoms with E-state index in [1.165, 1.54) is 6.07 Å². The maximum atomic E-state index is 10.8. The van der Waals surface area contributed by atoms with Crippen LogP contribution in [0.4, 0.5) is 5.69 Å². The molecule has 0 aliphatic carbocycles. The van der Waals surface area contributed by atoms with E-state index in [1.807, 2.05) is 0 Å². The Labute approximate surface area is 92.6 Å². The van der Waals surface area contributed by atoms with Crippen LogP contribution < -0.4 is 11.3 Å². The van der Waals surface area contributed by atoms with E-state index in [-0.39, 0.29) is 11.5 Å². The molecule has 0 fully saturated rings. The lowest BCUT2D eigenvalue weighted by Crippen LogP contribution is -2.31. The van der Waals surface area contributed by atoms with E-state index in [4.69, 9.17) is 5.84 Å². The molecule has 1 aromatic carbocycles. The minimum atomic E-state index is -0.476. The van der Waals surface area contributed by atoms with E-state index in [9.17, 15) is 10.1 Å². The molecule has 6 nitrogen and oxygen atoms in total. The van der Waals surface area contributed by atoms with E-state index in [0.717, 1.165) is 0 Å². The lowest BCUT2D eigenvalue weighted by Gasteiger charge is -2.05. The molecule has 0 bridgehead atoms. The molecule has 16 heavy (non-hydrogen) atoms. The molecule has 0 spiro atoms. The van der Waals surface area contributed by atoms with Gasteiger partial charge in [-0.15, -0.1) is 6.58 Å². The molecule has 0 amide bonds. The summed E-state index contributed by atoms with van der Waals surface area (Å²) in [5, 5.41) is 10.8. The molecule has 84 valence electrons. The summed E-state index contributed by atoms with van der Waals surface area (Å²) in [6.45, 7) is 3.85. The Morgan fingerprint density at radius 3 is 2.88 bits per heavy atom. The van der Waals surface area contributed by atoms with Crippen molar-refractivity contribution in [3.05, 3.63) is 52.6 Å². The number of nitrogens with one attached hydrogen (secondary N) is 1. The Bertz CT molecular complexity index is 429. The largest absolute Gasteiger partial charge is 0.308 e. The van der Waals surface area contributed by atoms with Crippen LogP contribution in [0.3, 0.4) is 0 Å². The highest BCUT2D eigenvalue weighted by atomic mass is 16.6. The van der Waals surface area contributed by atoms with Crippen molar-refractivity contribution in [2.24, 2.45) is 10.8 Å². The first kappa shape index (κ1) is 11.9. The molecule has 0 atom stereocenters. The Morgan fingerprint density at radius 1 is 1.62 bits per heavy atom. The maximum absolute atomic E-state index is 10.8. The first-order valence-electron chi connectivity index (χ1n) is 4.56. The van der Waals surface area contributed by atoms with Crippen LogP contribution in [-0.2, 0) is 0 Å². The van der Waals surface area contributed by atoms with Gasteiger partial charge in [-0.2, -0.15) is 0 Å². The number of rotatable bonds is 4.